The normalized spacial score (nSPS) is 23.7. The van der Waals surface area contributed by atoms with E-state index in [1.165, 1.54) is 38.5 Å². The number of amides is 2. The van der Waals surface area contributed by atoms with Crippen LogP contribution in [0.4, 0.5) is 9.59 Å². The summed E-state index contributed by atoms with van der Waals surface area (Å²) >= 11 is 0. The molecule has 0 aromatic heterocycles. The molecule has 9 atom stereocenters. The molecule has 570 valence electrons. The third-order valence-corrected chi connectivity index (χ3v) is 25.3. The Morgan fingerprint density at radius 3 is 1.34 bits per heavy atom. The average Bonchev–Trinajstić information content (AvgIpc) is 1.35. The van der Waals surface area contributed by atoms with Crippen molar-refractivity contribution < 1.29 is 66.5 Å². The van der Waals surface area contributed by atoms with Crippen LogP contribution in [0.3, 0.4) is 0 Å². The molecule has 16 heteroatoms. The Bertz CT molecular complexity index is 3040. The van der Waals surface area contributed by atoms with Crippen molar-refractivity contribution in [3.05, 3.63) is 85.0 Å². The van der Waals surface area contributed by atoms with Gasteiger partial charge in [-0.3, -0.25) is 0 Å². The van der Waals surface area contributed by atoms with Crippen LogP contribution in [0.5, 0.6) is 11.5 Å². The minimum atomic E-state index is -0.906. The third kappa shape index (κ3) is 21.3. The number of hydrogen-bond donors (Lipinski definition) is 2. The van der Waals surface area contributed by atoms with Crippen molar-refractivity contribution in [2.75, 3.05) is 65.9 Å². The molecule has 5 saturated carbocycles. The average molecular weight is 1410 g/mol. The van der Waals surface area contributed by atoms with Gasteiger partial charge in [-0.15, -0.1) is 0 Å². The zero-order valence-electron chi connectivity index (χ0n) is 66.3. The van der Waals surface area contributed by atoms with Crippen LogP contribution >= 0.6 is 0 Å². The number of ether oxygens (including phenoxy) is 10. The zero-order chi connectivity index (χ0) is 74.6. The summed E-state index contributed by atoms with van der Waals surface area (Å²) in [5.41, 5.74) is -0.795. The van der Waals surface area contributed by atoms with Crippen LogP contribution in [-0.4, -0.2) is 124 Å². The Kier molecular flexibility index (Phi) is 27.9. The monoisotopic (exact) mass is 1410 g/mol. The first kappa shape index (κ1) is 83.1. The molecule has 16 nitrogen and oxygen atoms in total. The molecule has 7 rings (SSSR count). The number of rotatable bonds is 48. The van der Waals surface area contributed by atoms with Gasteiger partial charge >= 0.3 is 24.1 Å². The number of fused-ring (bicyclic) bond motifs is 2. The number of carbonyl (C=O) groups is 4. The molecule has 0 bridgehead atoms. The second-order valence-corrected chi connectivity index (χ2v) is 36.2. The number of carbonyl (C=O) groups excluding carboxylic acids is 4. The van der Waals surface area contributed by atoms with Gasteiger partial charge in [-0.1, -0.05) is 97.0 Å². The van der Waals surface area contributed by atoms with Crippen LogP contribution in [0.25, 0.3) is 0 Å². The highest BCUT2D eigenvalue weighted by atomic mass is 16.6. The van der Waals surface area contributed by atoms with E-state index in [1.54, 1.807) is 13.8 Å². The van der Waals surface area contributed by atoms with Crippen molar-refractivity contribution in [3.8, 4) is 11.5 Å². The molecule has 101 heavy (non-hydrogen) atoms. The highest BCUT2D eigenvalue weighted by Gasteiger charge is 3.10. The molecular weight excluding hydrogens is 1270 g/mol. The molecule has 2 amide bonds. The maximum absolute atomic E-state index is 13.2. The van der Waals surface area contributed by atoms with Gasteiger partial charge < -0.3 is 58.0 Å². The number of hydrogen-bond acceptors (Lipinski definition) is 14. The first-order chi connectivity index (χ1) is 47.1. The summed E-state index contributed by atoms with van der Waals surface area (Å²) < 4.78 is 62.6. The highest BCUT2D eigenvalue weighted by molar-refractivity contribution is 5.87. The smallest absolute Gasteiger partial charge is 0.407 e. The van der Waals surface area contributed by atoms with Crippen LogP contribution in [0.15, 0.2) is 85.0 Å². The van der Waals surface area contributed by atoms with Gasteiger partial charge in [-0.2, -0.15) is 0 Å². The van der Waals surface area contributed by atoms with Crippen LogP contribution < -0.4 is 20.1 Å². The minimum absolute atomic E-state index is 0.156. The van der Waals surface area contributed by atoms with E-state index in [-0.39, 0.29) is 51.2 Å². The summed E-state index contributed by atoms with van der Waals surface area (Å²) in [6.07, 6.45) is 18.6. The lowest BCUT2D eigenvalue weighted by Gasteiger charge is -2.46. The first-order valence-corrected chi connectivity index (χ1v) is 38.6. The molecule has 0 heterocycles. The van der Waals surface area contributed by atoms with Crippen LogP contribution in [0.2, 0.25) is 0 Å². The van der Waals surface area contributed by atoms with E-state index in [4.69, 9.17) is 47.4 Å². The summed E-state index contributed by atoms with van der Waals surface area (Å²) in [6, 6.07) is 19.4. The number of unbranched alkanes of at least 4 members (excludes halogenated alkanes) is 6. The van der Waals surface area contributed by atoms with Gasteiger partial charge in [0, 0.05) is 37.4 Å². The van der Waals surface area contributed by atoms with Crippen molar-refractivity contribution in [2.24, 2.45) is 62.1 Å². The first-order valence-electron chi connectivity index (χ1n) is 38.6. The van der Waals surface area contributed by atoms with Crippen molar-refractivity contribution >= 4 is 24.1 Å². The molecule has 5 aliphatic rings. The molecule has 2 N–H and O–H groups in total. The number of nitrogens with one attached hydrogen (secondary N) is 2. The Morgan fingerprint density at radius 1 is 0.495 bits per heavy atom. The summed E-state index contributed by atoms with van der Waals surface area (Å²) in [5.74, 6) is 2.79. The fraction of sp³-hybridized carbons (Fsp3) is 0.765. The summed E-state index contributed by atoms with van der Waals surface area (Å²) in [7, 11) is 0. The zero-order valence-corrected chi connectivity index (χ0v) is 66.3. The van der Waals surface area contributed by atoms with Gasteiger partial charge in [-0.25, -0.2) is 19.2 Å². The maximum atomic E-state index is 13.2. The van der Waals surface area contributed by atoms with Crippen molar-refractivity contribution in [1.29, 1.82) is 0 Å². The van der Waals surface area contributed by atoms with E-state index < -0.39 is 34.6 Å². The van der Waals surface area contributed by atoms with Gasteiger partial charge in [0.1, 0.15) is 22.7 Å². The molecule has 5 fully saturated rings. The lowest BCUT2D eigenvalue weighted by Crippen LogP contribution is -2.48. The molecule has 9 unspecified atom stereocenters. The molecule has 2 aromatic carbocycles. The van der Waals surface area contributed by atoms with E-state index in [0.717, 1.165) is 113 Å². The van der Waals surface area contributed by atoms with Crippen LogP contribution in [-0.2, 0) is 47.5 Å². The number of benzene rings is 2. The topological polar surface area (TPSA) is 185 Å². The predicted molar refractivity (Wildman–Crippen MR) is 401 cm³/mol. The molecular formula is C85H136N2O14. The lowest BCUT2D eigenvalue weighted by molar-refractivity contribution is -0.140. The van der Waals surface area contributed by atoms with E-state index in [1.807, 2.05) is 88.4 Å². The van der Waals surface area contributed by atoms with Crippen molar-refractivity contribution in [2.45, 2.75) is 287 Å². The molecule has 2 spiro atoms. The SMILES string of the molecule is C=C(C)C(=O)OCCCCCNC(=O)OC(C)(C)C(COc1ccccc1)COC(C)(C)C(C)(C)CCCCOC(C)(C)CC1(C)CCC2C(C1)C1CC13C1(CC(C)(C)OCCCCC(C)(C)C(C)(C)OCC(COc4ccccc4)C(C)(C)OC(=O)NCCCCCOC(=O)C(=C)C)CC213. The third-order valence-electron chi connectivity index (χ3n) is 25.3. The van der Waals surface area contributed by atoms with Gasteiger partial charge in [0.25, 0.3) is 0 Å². The summed E-state index contributed by atoms with van der Waals surface area (Å²) in [4.78, 5) is 49.7. The maximum Gasteiger partial charge on any atom is 0.407 e. The van der Waals surface area contributed by atoms with Gasteiger partial charge in [0.2, 0.25) is 0 Å². The highest BCUT2D eigenvalue weighted by Crippen LogP contribution is 3.15. The Labute approximate surface area is 610 Å². The van der Waals surface area contributed by atoms with E-state index >= 15 is 0 Å². The van der Waals surface area contributed by atoms with Crippen LogP contribution in [0, 0.1) is 62.1 Å². The van der Waals surface area contributed by atoms with Gasteiger partial charge in [0.15, 0.2) is 0 Å². The Balaban J connectivity index is 0.800. The van der Waals surface area contributed by atoms with Crippen molar-refractivity contribution in [1.82, 2.24) is 10.6 Å². The van der Waals surface area contributed by atoms with E-state index in [9.17, 15) is 19.2 Å². The molecule has 0 aliphatic heterocycles. The quantitative estimate of drug-likeness (QED) is 0.0276. The molecule has 2 aromatic rings. The van der Waals surface area contributed by atoms with Gasteiger partial charge in [0.05, 0.1) is 73.9 Å². The fourth-order valence-corrected chi connectivity index (χ4v) is 17.6. The Hall–Kier alpha value is -5.16. The molecule has 5 aliphatic carbocycles. The summed E-state index contributed by atoms with van der Waals surface area (Å²) in [5, 5.41) is 5.81. The Morgan fingerprint density at radius 2 is 0.911 bits per heavy atom. The minimum Gasteiger partial charge on any atom is -0.493 e. The van der Waals surface area contributed by atoms with Gasteiger partial charge in [-0.05, 0) is 281 Å². The fourth-order valence-electron chi connectivity index (χ4n) is 17.6. The van der Waals surface area contributed by atoms with Crippen molar-refractivity contribution in [3.63, 3.8) is 0 Å². The number of alkyl carbamates (subject to hydrolysis) is 2. The second-order valence-electron chi connectivity index (χ2n) is 36.2. The number of para-hydroxylation sites is 2. The molecule has 0 radical (unpaired) electrons. The number of esters is 2. The molecule has 0 saturated heterocycles. The van der Waals surface area contributed by atoms with Crippen LogP contribution in [0.1, 0.15) is 254 Å². The summed E-state index contributed by atoms with van der Waals surface area (Å²) in [6.45, 7) is 52.4. The predicted octanol–water partition coefficient (Wildman–Crippen LogP) is 19.2. The van der Waals surface area contributed by atoms with E-state index in [0.29, 0.717) is 93.0 Å². The largest absolute Gasteiger partial charge is 0.493 e. The lowest BCUT2D eigenvalue weighted by atomic mass is 9.61. The standard InChI is InChI=1S/C85H136N2O14/c1-61(2)70(88)92-48-34-24-32-46-86-72(90)100-78(13,14)63(54-94-65-38-26-22-27-39-65)56-98-80(17,18)74(5,6)43-30-36-50-96-76(9,10)58-82(21)45-42-68-67(52-82)69-53-84(69)83(60-85(68,83)84)59-77(11,12)97-51-37-31-44-75(7,8)81(19,20)99-57-64(55-95-66-40-28-23-29-41-66)79(15,16)101-73(91)87-47-33-25-35-49-93-71(89)62(3)4/h22-23,26-29,38-41,63-64,67-69H,1,3,24-25,30-37,42-60H2,2,4-21H3,(H,86,90)(H,87,91). The van der Waals surface area contributed by atoms with E-state index in [2.05, 4.69) is 114 Å². The second kappa shape index (κ2) is 34.0.